The molecule has 3 rings (SSSR count). The van der Waals surface area contributed by atoms with Crippen LogP contribution in [0.5, 0.6) is 5.75 Å². The fraction of sp³-hybridized carbons (Fsp3) is 0.222. The largest absolute Gasteiger partial charge is 0.489 e. The molecule has 5 heteroatoms. The number of hydrogen-bond donors (Lipinski definition) is 0. The summed E-state index contributed by atoms with van der Waals surface area (Å²) >= 11 is 0. The number of nitrogens with zero attached hydrogens (tertiary/aromatic N) is 1. The van der Waals surface area contributed by atoms with E-state index >= 15 is 0 Å². The van der Waals surface area contributed by atoms with Crippen LogP contribution >= 0.6 is 0 Å². The quantitative estimate of drug-likeness (QED) is 0.656. The van der Waals surface area contributed by atoms with Gasteiger partial charge in [0.05, 0.1) is 11.1 Å². The summed E-state index contributed by atoms with van der Waals surface area (Å²) in [5, 5.41) is 1.06. The van der Waals surface area contributed by atoms with E-state index in [1.54, 1.807) is 0 Å². The molecule has 23 heavy (non-hydrogen) atoms. The Balaban J connectivity index is 1.86. The highest BCUT2D eigenvalue weighted by molar-refractivity contribution is 5.86. The lowest BCUT2D eigenvalue weighted by Gasteiger charge is -2.10. The lowest BCUT2D eigenvalue weighted by molar-refractivity contribution is -0.137. The van der Waals surface area contributed by atoms with Gasteiger partial charge in [-0.3, -0.25) is 0 Å². The van der Waals surface area contributed by atoms with E-state index < -0.39 is 11.7 Å². The van der Waals surface area contributed by atoms with Gasteiger partial charge in [0.15, 0.2) is 0 Å². The number of alkyl halides is 3. The van der Waals surface area contributed by atoms with E-state index in [1.165, 1.54) is 12.1 Å². The van der Waals surface area contributed by atoms with E-state index in [9.17, 15) is 13.2 Å². The topological polar surface area (TPSA) is 14.2 Å². The summed E-state index contributed by atoms with van der Waals surface area (Å²) in [7, 11) is 1.95. The summed E-state index contributed by atoms with van der Waals surface area (Å²) < 4.78 is 45.8. The zero-order valence-electron chi connectivity index (χ0n) is 12.8. The molecule has 0 atom stereocenters. The number of rotatable bonds is 3. The highest BCUT2D eigenvalue weighted by Crippen LogP contribution is 2.32. The minimum Gasteiger partial charge on any atom is -0.489 e. The van der Waals surface area contributed by atoms with Crippen molar-refractivity contribution in [3.63, 3.8) is 0 Å². The summed E-state index contributed by atoms with van der Waals surface area (Å²) in [4.78, 5) is 0. The molecule has 0 N–H and O–H groups in total. The standard InChI is InChI=1S/C18H16F3NO/c1-12-5-3-8-16-13(10-22(2)17(12)16)11-23-15-7-4-6-14(9-15)18(19,20)21/h3-10H,11H2,1-2H3. The molecule has 0 radical (unpaired) electrons. The first kappa shape index (κ1) is 15.5. The molecule has 0 amide bonds. The van der Waals surface area contributed by atoms with Crippen LogP contribution in [0.25, 0.3) is 10.9 Å². The van der Waals surface area contributed by atoms with Crippen molar-refractivity contribution >= 4 is 10.9 Å². The van der Waals surface area contributed by atoms with Crippen LogP contribution in [0.1, 0.15) is 16.7 Å². The Kier molecular flexibility index (Phi) is 3.80. The lowest BCUT2D eigenvalue weighted by atomic mass is 10.1. The smallest absolute Gasteiger partial charge is 0.416 e. The van der Waals surface area contributed by atoms with Gasteiger partial charge < -0.3 is 9.30 Å². The summed E-state index contributed by atoms with van der Waals surface area (Å²) in [6, 6.07) is 10.9. The summed E-state index contributed by atoms with van der Waals surface area (Å²) in [6.45, 7) is 2.25. The van der Waals surface area contributed by atoms with Crippen molar-refractivity contribution in [1.82, 2.24) is 4.57 Å². The molecule has 0 saturated heterocycles. The van der Waals surface area contributed by atoms with Crippen LogP contribution in [0.2, 0.25) is 0 Å². The predicted octanol–water partition coefficient (Wildman–Crippen LogP) is 5.08. The number of benzene rings is 2. The average Bonchev–Trinajstić information content (AvgIpc) is 2.82. The van der Waals surface area contributed by atoms with Gasteiger partial charge in [-0.05, 0) is 30.7 Å². The number of ether oxygens (including phenoxy) is 1. The lowest BCUT2D eigenvalue weighted by Crippen LogP contribution is -2.05. The van der Waals surface area contributed by atoms with Crippen LogP contribution in [0, 0.1) is 6.92 Å². The number of aromatic nitrogens is 1. The number of halogens is 3. The highest BCUT2D eigenvalue weighted by Gasteiger charge is 2.30. The molecule has 1 aromatic heterocycles. The molecule has 0 spiro atoms. The third-order valence-electron chi connectivity index (χ3n) is 3.84. The van der Waals surface area contributed by atoms with Crippen molar-refractivity contribution in [1.29, 1.82) is 0 Å². The fourth-order valence-electron chi connectivity index (χ4n) is 2.79. The van der Waals surface area contributed by atoms with Crippen LogP contribution in [0.15, 0.2) is 48.7 Å². The first-order chi connectivity index (χ1) is 10.9. The zero-order chi connectivity index (χ0) is 16.6. The van der Waals surface area contributed by atoms with E-state index in [0.29, 0.717) is 0 Å². The molecule has 0 fully saturated rings. The van der Waals surface area contributed by atoms with Gasteiger partial charge in [0.2, 0.25) is 0 Å². The van der Waals surface area contributed by atoms with Crippen LogP contribution in [-0.2, 0) is 19.8 Å². The molecule has 2 aromatic carbocycles. The fourth-order valence-corrected chi connectivity index (χ4v) is 2.79. The van der Waals surface area contributed by atoms with Gasteiger partial charge in [0, 0.05) is 24.2 Å². The molecule has 0 aliphatic rings. The maximum absolute atomic E-state index is 12.7. The van der Waals surface area contributed by atoms with Gasteiger partial charge in [-0.2, -0.15) is 13.2 Å². The van der Waals surface area contributed by atoms with Crippen LogP contribution in [0.4, 0.5) is 13.2 Å². The van der Waals surface area contributed by atoms with E-state index in [2.05, 4.69) is 0 Å². The molecule has 2 nitrogen and oxygen atoms in total. The molecule has 0 saturated carbocycles. The number of aryl methyl sites for hydroxylation is 2. The minimum atomic E-state index is -4.37. The highest BCUT2D eigenvalue weighted by atomic mass is 19.4. The second-order valence-corrected chi connectivity index (χ2v) is 5.55. The van der Waals surface area contributed by atoms with Crippen molar-refractivity contribution < 1.29 is 17.9 Å². The maximum Gasteiger partial charge on any atom is 0.416 e. The third kappa shape index (κ3) is 3.04. The van der Waals surface area contributed by atoms with Gasteiger partial charge in [0.25, 0.3) is 0 Å². The number of hydrogen-bond acceptors (Lipinski definition) is 1. The minimum absolute atomic E-state index is 0.212. The molecule has 0 aliphatic heterocycles. The monoisotopic (exact) mass is 319 g/mol. The Morgan fingerprint density at radius 2 is 1.83 bits per heavy atom. The van der Waals surface area contributed by atoms with Gasteiger partial charge >= 0.3 is 6.18 Å². The van der Waals surface area contributed by atoms with Crippen LogP contribution in [0.3, 0.4) is 0 Å². The Hall–Kier alpha value is -2.43. The van der Waals surface area contributed by atoms with E-state index in [-0.39, 0.29) is 12.4 Å². The molecule has 0 unspecified atom stereocenters. The molecule has 0 bridgehead atoms. The molecule has 3 aromatic rings. The first-order valence-electron chi connectivity index (χ1n) is 7.20. The maximum atomic E-state index is 12.7. The predicted molar refractivity (Wildman–Crippen MR) is 83.4 cm³/mol. The van der Waals surface area contributed by atoms with Crippen LogP contribution in [-0.4, -0.2) is 4.57 Å². The molecule has 1 heterocycles. The Bertz CT molecular complexity index is 849. The zero-order valence-corrected chi connectivity index (χ0v) is 12.8. The van der Waals surface area contributed by atoms with E-state index in [0.717, 1.165) is 34.2 Å². The van der Waals surface area contributed by atoms with Gasteiger partial charge in [-0.25, -0.2) is 0 Å². The van der Waals surface area contributed by atoms with Crippen molar-refractivity contribution in [3.05, 3.63) is 65.4 Å². The SMILES string of the molecule is Cc1cccc2c(COc3cccc(C(F)(F)F)c3)cn(C)c12. The number of fused-ring (bicyclic) bond motifs is 1. The summed E-state index contributed by atoms with van der Waals surface area (Å²) in [6.07, 6.45) is -2.42. The first-order valence-corrected chi connectivity index (χ1v) is 7.20. The molecule has 120 valence electrons. The van der Waals surface area contributed by atoms with Gasteiger partial charge in [-0.15, -0.1) is 0 Å². The Labute approximate surface area is 132 Å². The third-order valence-corrected chi connectivity index (χ3v) is 3.84. The van der Waals surface area contributed by atoms with Gasteiger partial charge in [0.1, 0.15) is 12.4 Å². The van der Waals surface area contributed by atoms with Crippen molar-refractivity contribution in [2.45, 2.75) is 19.7 Å². The molecular weight excluding hydrogens is 303 g/mol. The van der Waals surface area contributed by atoms with Crippen molar-refractivity contribution in [2.75, 3.05) is 0 Å². The van der Waals surface area contributed by atoms with Crippen molar-refractivity contribution in [2.24, 2.45) is 7.05 Å². The molecular formula is C18H16F3NO. The normalized spacial score (nSPS) is 11.9. The van der Waals surface area contributed by atoms with Gasteiger partial charge in [-0.1, -0.05) is 24.3 Å². The van der Waals surface area contributed by atoms with E-state index in [1.807, 2.05) is 42.9 Å². The second-order valence-electron chi connectivity index (χ2n) is 5.55. The Morgan fingerprint density at radius 3 is 2.57 bits per heavy atom. The summed E-state index contributed by atoms with van der Waals surface area (Å²) in [5.41, 5.74) is 2.50. The number of para-hydroxylation sites is 1. The van der Waals surface area contributed by atoms with E-state index in [4.69, 9.17) is 4.74 Å². The average molecular weight is 319 g/mol. The molecule has 0 aliphatic carbocycles. The van der Waals surface area contributed by atoms with Crippen molar-refractivity contribution in [3.8, 4) is 5.75 Å². The van der Waals surface area contributed by atoms with Crippen LogP contribution < -0.4 is 4.74 Å². The Morgan fingerprint density at radius 1 is 1.09 bits per heavy atom. The second kappa shape index (κ2) is 5.65. The summed E-state index contributed by atoms with van der Waals surface area (Å²) in [5.74, 6) is 0.212.